The summed E-state index contributed by atoms with van der Waals surface area (Å²) in [6, 6.07) is 10.3. The Balaban J connectivity index is 1.65. The van der Waals surface area contributed by atoms with E-state index in [9.17, 15) is 14.4 Å². The van der Waals surface area contributed by atoms with Crippen molar-refractivity contribution >= 4 is 29.1 Å². The Bertz CT molecular complexity index is 729. The van der Waals surface area contributed by atoms with E-state index < -0.39 is 17.8 Å². The van der Waals surface area contributed by atoms with Crippen molar-refractivity contribution in [3.63, 3.8) is 0 Å². The van der Waals surface area contributed by atoms with Gasteiger partial charge in [0.1, 0.15) is 12.3 Å². The number of carbonyl (C=O) groups is 3. The zero-order chi connectivity index (χ0) is 18.8. The molecule has 0 aliphatic heterocycles. The van der Waals surface area contributed by atoms with Crippen molar-refractivity contribution in [2.75, 3.05) is 19.8 Å². The summed E-state index contributed by atoms with van der Waals surface area (Å²) in [5, 5.41) is 7.00. The van der Waals surface area contributed by atoms with Gasteiger partial charge >= 0.3 is 5.97 Å². The highest BCUT2D eigenvalue weighted by Gasteiger charge is 2.11. The second-order valence-corrected chi connectivity index (χ2v) is 6.19. The van der Waals surface area contributed by atoms with E-state index in [1.165, 1.54) is 11.3 Å². The summed E-state index contributed by atoms with van der Waals surface area (Å²) < 4.78 is 10.1. The molecule has 0 aliphatic carbocycles. The number of hydrogen-bond donors (Lipinski definition) is 2. The molecule has 2 amide bonds. The van der Waals surface area contributed by atoms with Crippen molar-refractivity contribution in [2.24, 2.45) is 0 Å². The molecular formula is C18H20N2O5S. The van der Waals surface area contributed by atoms with Gasteiger partial charge in [0.15, 0.2) is 6.61 Å². The number of esters is 1. The van der Waals surface area contributed by atoms with Gasteiger partial charge in [-0.1, -0.05) is 6.07 Å². The molecule has 1 aromatic heterocycles. The van der Waals surface area contributed by atoms with Crippen LogP contribution in [0.3, 0.4) is 0 Å². The Morgan fingerprint density at radius 2 is 1.85 bits per heavy atom. The second-order valence-electron chi connectivity index (χ2n) is 5.16. The number of benzene rings is 1. The van der Waals surface area contributed by atoms with Crippen LogP contribution in [0.25, 0.3) is 0 Å². The molecule has 0 spiro atoms. The quantitative estimate of drug-likeness (QED) is 0.650. The van der Waals surface area contributed by atoms with Crippen LogP contribution in [0.15, 0.2) is 41.8 Å². The average molecular weight is 376 g/mol. The van der Waals surface area contributed by atoms with Crippen LogP contribution in [0.1, 0.15) is 22.2 Å². The molecule has 0 bridgehead atoms. The van der Waals surface area contributed by atoms with Crippen molar-refractivity contribution in [3.8, 4) is 5.75 Å². The van der Waals surface area contributed by atoms with Gasteiger partial charge in [0.25, 0.3) is 11.8 Å². The van der Waals surface area contributed by atoms with Gasteiger partial charge in [0, 0.05) is 10.4 Å². The number of carbonyl (C=O) groups excluding carboxylic acids is 3. The summed E-state index contributed by atoms with van der Waals surface area (Å²) >= 11 is 1.52. The number of hydrogen-bond acceptors (Lipinski definition) is 6. The minimum Gasteiger partial charge on any atom is -0.494 e. The molecule has 7 nitrogen and oxygen atoms in total. The van der Waals surface area contributed by atoms with Gasteiger partial charge in [-0.25, -0.2) is 0 Å². The topological polar surface area (TPSA) is 93.7 Å². The Morgan fingerprint density at radius 1 is 1.08 bits per heavy atom. The van der Waals surface area contributed by atoms with Crippen molar-refractivity contribution in [3.05, 3.63) is 52.2 Å². The van der Waals surface area contributed by atoms with E-state index in [4.69, 9.17) is 9.47 Å². The molecule has 0 fully saturated rings. The zero-order valence-corrected chi connectivity index (χ0v) is 15.1. The van der Waals surface area contributed by atoms with Crippen LogP contribution in [0, 0.1) is 0 Å². The van der Waals surface area contributed by atoms with Gasteiger partial charge in [-0.05, 0) is 42.6 Å². The van der Waals surface area contributed by atoms with E-state index in [1.807, 2.05) is 24.4 Å². The normalized spacial score (nSPS) is 10.0. The predicted octanol–water partition coefficient (Wildman–Crippen LogP) is 1.74. The highest BCUT2D eigenvalue weighted by Crippen LogP contribution is 2.11. The molecule has 1 aromatic carbocycles. The van der Waals surface area contributed by atoms with Crippen LogP contribution in [0.4, 0.5) is 0 Å². The van der Waals surface area contributed by atoms with Crippen molar-refractivity contribution in [2.45, 2.75) is 13.5 Å². The summed E-state index contributed by atoms with van der Waals surface area (Å²) in [5.41, 5.74) is 0.398. The molecular weight excluding hydrogens is 356 g/mol. The fourth-order valence-corrected chi connectivity index (χ4v) is 2.62. The molecule has 2 rings (SSSR count). The monoisotopic (exact) mass is 376 g/mol. The maximum absolute atomic E-state index is 12.0. The number of ether oxygens (including phenoxy) is 2. The molecule has 0 unspecified atom stereocenters. The number of amides is 2. The van der Waals surface area contributed by atoms with Crippen LogP contribution in [0.5, 0.6) is 5.75 Å². The Kier molecular flexibility index (Phi) is 7.63. The van der Waals surface area contributed by atoms with Crippen LogP contribution < -0.4 is 15.4 Å². The highest BCUT2D eigenvalue weighted by molar-refractivity contribution is 7.09. The molecule has 0 aliphatic rings. The predicted molar refractivity (Wildman–Crippen MR) is 97.1 cm³/mol. The Morgan fingerprint density at radius 3 is 2.50 bits per heavy atom. The molecule has 8 heteroatoms. The molecule has 0 radical (unpaired) electrons. The first-order valence-corrected chi connectivity index (χ1v) is 8.92. The smallest absolute Gasteiger partial charge is 0.325 e. The van der Waals surface area contributed by atoms with E-state index in [0.29, 0.717) is 24.5 Å². The minimum atomic E-state index is -0.685. The fraction of sp³-hybridized carbons (Fsp3) is 0.278. The lowest BCUT2D eigenvalue weighted by Gasteiger charge is -2.08. The van der Waals surface area contributed by atoms with Crippen LogP contribution in [-0.2, 0) is 20.9 Å². The summed E-state index contributed by atoms with van der Waals surface area (Å²) in [6.45, 7) is 2.10. The molecule has 26 heavy (non-hydrogen) atoms. The largest absolute Gasteiger partial charge is 0.494 e. The molecule has 2 N–H and O–H groups in total. The van der Waals surface area contributed by atoms with Gasteiger partial charge in [-0.15, -0.1) is 11.3 Å². The van der Waals surface area contributed by atoms with Crippen molar-refractivity contribution < 1.29 is 23.9 Å². The second kappa shape index (κ2) is 10.2. The van der Waals surface area contributed by atoms with E-state index in [1.54, 1.807) is 24.3 Å². The van der Waals surface area contributed by atoms with Crippen LogP contribution in [0.2, 0.25) is 0 Å². The molecule has 0 saturated carbocycles. The summed E-state index contributed by atoms with van der Waals surface area (Å²) in [4.78, 5) is 36.2. The highest BCUT2D eigenvalue weighted by atomic mass is 32.1. The maximum Gasteiger partial charge on any atom is 0.325 e. The first-order valence-electron chi connectivity index (χ1n) is 8.04. The number of nitrogens with one attached hydrogen (secondary N) is 2. The van der Waals surface area contributed by atoms with Crippen molar-refractivity contribution in [1.82, 2.24) is 10.6 Å². The zero-order valence-electron chi connectivity index (χ0n) is 14.3. The van der Waals surface area contributed by atoms with E-state index >= 15 is 0 Å². The Labute approximate surface area is 155 Å². The molecule has 2 aromatic rings. The third-order valence-corrected chi connectivity index (χ3v) is 4.10. The maximum atomic E-state index is 12.0. The molecule has 1 heterocycles. The average Bonchev–Trinajstić information content (AvgIpc) is 3.17. The third-order valence-electron chi connectivity index (χ3n) is 3.22. The van der Waals surface area contributed by atoms with E-state index in [0.717, 1.165) is 4.88 Å². The SMILES string of the molecule is CCOc1ccc(C(=O)NCC(=O)OCC(=O)NCc2cccs2)cc1. The van der Waals surface area contributed by atoms with E-state index in [2.05, 4.69) is 10.6 Å². The minimum absolute atomic E-state index is 0.315. The van der Waals surface area contributed by atoms with Gasteiger partial charge in [0.05, 0.1) is 13.2 Å². The lowest BCUT2D eigenvalue weighted by Crippen LogP contribution is -2.33. The van der Waals surface area contributed by atoms with Crippen LogP contribution in [-0.4, -0.2) is 37.5 Å². The molecule has 138 valence electrons. The lowest BCUT2D eigenvalue weighted by molar-refractivity contribution is -0.147. The Hall–Kier alpha value is -2.87. The molecule has 0 saturated heterocycles. The first-order chi connectivity index (χ1) is 12.6. The number of thiophene rings is 1. The third kappa shape index (κ3) is 6.56. The molecule has 0 atom stereocenters. The van der Waals surface area contributed by atoms with Gasteiger partial charge in [0.2, 0.25) is 0 Å². The summed E-state index contributed by atoms with van der Waals surface area (Å²) in [5.74, 6) is -0.829. The first kappa shape index (κ1) is 19.5. The standard InChI is InChI=1S/C18H20N2O5S/c1-2-24-14-7-5-13(6-8-14)18(23)20-11-17(22)25-12-16(21)19-10-15-4-3-9-26-15/h3-9H,2,10-12H2,1H3,(H,19,21)(H,20,23). The summed E-state index contributed by atoms with van der Waals surface area (Å²) in [6.07, 6.45) is 0. The van der Waals surface area contributed by atoms with Gasteiger partial charge in [-0.2, -0.15) is 0 Å². The lowest BCUT2D eigenvalue weighted by atomic mass is 10.2. The van der Waals surface area contributed by atoms with Crippen molar-refractivity contribution in [1.29, 1.82) is 0 Å². The number of rotatable bonds is 9. The fourth-order valence-electron chi connectivity index (χ4n) is 1.97. The van der Waals surface area contributed by atoms with E-state index in [-0.39, 0.29) is 13.2 Å². The van der Waals surface area contributed by atoms with Gasteiger partial charge in [-0.3, -0.25) is 14.4 Å². The summed E-state index contributed by atoms with van der Waals surface area (Å²) in [7, 11) is 0. The van der Waals surface area contributed by atoms with Gasteiger partial charge < -0.3 is 20.1 Å². The van der Waals surface area contributed by atoms with Crippen LogP contribution >= 0.6 is 11.3 Å².